The summed E-state index contributed by atoms with van der Waals surface area (Å²) >= 11 is 0. The number of pyridine rings is 3. The summed E-state index contributed by atoms with van der Waals surface area (Å²) in [5.41, 5.74) is 2.50. The van der Waals surface area contributed by atoms with Crippen molar-refractivity contribution in [2.24, 2.45) is 5.41 Å². The maximum absolute atomic E-state index is 13.0. The summed E-state index contributed by atoms with van der Waals surface area (Å²) in [6.45, 7) is 4.31. The molecule has 0 atom stereocenters. The van der Waals surface area contributed by atoms with Gasteiger partial charge in [0.2, 0.25) is 0 Å². The van der Waals surface area contributed by atoms with E-state index >= 15 is 0 Å². The topological polar surface area (TPSA) is 100 Å². The molecule has 1 amide bonds. The van der Waals surface area contributed by atoms with Crippen LogP contribution in [0.5, 0.6) is 0 Å². The SMILES string of the molecule is CN1CCC2(CC1)CN(c1cc(C(=O)Nc3cc4cc(-c5cnco5)cnc4cn3)ccn1)C2. The first-order valence-corrected chi connectivity index (χ1v) is 11.4. The minimum absolute atomic E-state index is 0.218. The van der Waals surface area contributed by atoms with Crippen molar-refractivity contribution in [1.82, 2.24) is 24.8 Å². The van der Waals surface area contributed by atoms with E-state index in [1.54, 1.807) is 30.9 Å². The van der Waals surface area contributed by atoms with Crippen LogP contribution < -0.4 is 10.2 Å². The highest BCUT2D eigenvalue weighted by atomic mass is 16.3. The molecule has 34 heavy (non-hydrogen) atoms. The number of fused-ring (bicyclic) bond motifs is 1. The van der Waals surface area contributed by atoms with Crippen molar-refractivity contribution in [1.29, 1.82) is 0 Å². The molecular formula is C25H25N7O2. The lowest BCUT2D eigenvalue weighted by Gasteiger charge is -2.54. The number of nitrogens with zero attached hydrogens (tertiary/aromatic N) is 6. The lowest BCUT2D eigenvalue weighted by Crippen LogP contribution is -2.60. The average molecular weight is 456 g/mol. The van der Waals surface area contributed by atoms with Crippen LogP contribution in [0.4, 0.5) is 11.6 Å². The van der Waals surface area contributed by atoms with Gasteiger partial charge in [-0.1, -0.05) is 0 Å². The van der Waals surface area contributed by atoms with E-state index in [1.807, 2.05) is 18.2 Å². The second-order valence-electron chi connectivity index (χ2n) is 9.37. The van der Waals surface area contributed by atoms with Crippen LogP contribution in [0.15, 0.2) is 59.9 Å². The predicted molar refractivity (Wildman–Crippen MR) is 129 cm³/mol. The third kappa shape index (κ3) is 3.88. The number of amides is 1. The highest BCUT2D eigenvalue weighted by Crippen LogP contribution is 2.41. The van der Waals surface area contributed by atoms with E-state index < -0.39 is 0 Å². The van der Waals surface area contributed by atoms with Gasteiger partial charge >= 0.3 is 0 Å². The molecule has 4 aromatic rings. The van der Waals surface area contributed by atoms with Gasteiger partial charge < -0.3 is 19.5 Å². The van der Waals surface area contributed by atoms with E-state index in [-0.39, 0.29) is 5.91 Å². The molecule has 2 fully saturated rings. The van der Waals surface area contributed by atoms with Gasteiger partial charge in [0, 0.05) is 47.4 Å². The molecule has 0 aromatic carbocycles. The molecule has 6 heterocycles. The third-order valence-electron chi connectivity index (χ3n) is 6.96. The Morgan fingerprint density at radius 2 is 1.91 bits per heavy atom. The van der Waals surface area contributed by atoms with Gasteiger partial charge in [-0.15, -0.1) is 0 Å². The van der Waals surface area contributed by atoms with Crippen LogP contribution >= 0.6 is 0 Å². The quantitative estimate of drug-likeness (QED) is 0.499. The highest BCUT2D eigenvalue weighted by molar-refractivity contribution is 6.04. The molecule has 9 nitrogen and oxygen atoms in total. The summed E-state index contributed by atoms with van der Waals surface area (Å²) in [5, 5.41) is 3.75. The molecule has 4 aromatic heterocycles. The van der Waals surface area contributed by atoms with Crippen molar-refractivity contribution in [3.63, 3.8) is 0 Å². The fourth-order valence-corrected chi connectivity index (χ4v) is 4.85. The van der Waals surface area contributed by atoms with E-state index in [1.165, 1.54) is 19.2 Å². The van der Waals surface area contributed by atoms with E-state index in [9.17, 15) is 4.79 Å². The number of nitrogens with one attached hydrogen (secondary N) is 1. The van der Waals surface area contributed by atoms with Gasteiger partial charge in [0.25, 0.3) is 5.91 Å². The van der Waals surface area contributed by atoms with Crippen molar-refractivity contribution in [3.05, 3.63) is 61.0 Å². The second kappa shape index (κ2) is 8.18. The smallest absolute Gasteiger partial charge is 0.257 e. The molecule has 0 unspecified atom stereocenters. The normalized spacial score (nSPS) is 17.6. The Morgan fingerprint density at radius 1 is 1.06 bits per heavy atom. The number of oxazole rings is 1. The van der Waals surface area contributed by atoms with Crippen molar-refractivity contribution in [2.75, 3.05) is 43.4 Å². The average Bonchev–Trinajstić information content (AvgIpc) is 3.38. The molecule has 2 saturated heterocycles. The predicted octanol–water partition coefficient (Wildman–Crippen LogP) is 3.46. The molecule has 0 bridgehead atoms. The molecule has 2 aliphatic rings. The van der Waals surface area contributed by atoms with Crippen LogP contribution in [0.1, 0.15) is 23.2 Å². The fourth-order valence-electron chi connectivity index (χ4n) is 4.85. The Labute approximate surface area is 196 Å². The lowest BCUT2D eigenvalue weighted by molar-refractivity contribution is 0.0900. The molecule has 0 aliphatic carbocycles. The molecule has 2 aliphatic heterocycles. The van der Waals surface area contributed by atoms with E-state index in [0.29, 0.717) is 22.6 Å². The molecular weight excluding hydrogens is 430 g/mol. The summed E-state index contributed by atoms with van der Waals surface area (Å²) in [7, 11) is 2.18. The zero-order valence-electron chi connectivity index (χ0n) is 18.9. The fraction of sp³-hybridized carbons (Fsp3) is 0.320. The summed E-state index contributed by atoms with van der Waals surface area (Å²) in [4.78, 5) is 34.9. The first-order valence-electron chi connectivity index (χ1n) is 11.4. The van der Waals surface area contributed by atoms with Gasteiger partial charge in [0.15, 0.2) is 12.2 Å². The van der Waals surface area contributed by atoms with Gasteiger partial charge in [-0.05, 0) is 57.2 Å². The van der Waals surface area contributed by atoms with E-state index in [0.717, 1.165) is 48.5 Å². The number of likely N-dealkylation sites (tertiary alicyclic amines) is 1. The summed E-state index contributed by atoms with van der Waals surface area (Å²) in [6.07, 6.45) is 10.5. The first-order chi connectivity index (χ1) is 16.6. The Kier molecular flexibility index (Phi) is 4.99. The number of carbonyl (C=O) groups is 1. The molecule has 0 radical (unpaired) electrons. The molecule has 172 valence electrons. The largest absolute Gasteiger partial charge is 0.443 e. The van der Waals surface area contributed by atoms with Crippen molar-refractivity contribution in [2.45, 2.75) is 12.8 Å². The van der Waals surface area contributed by atoms with Crippen LogP contribution in [0.25, 0.3) is 22.2 Å². The third-order valence-corrected chi connectivity index (χ3v) is 6.96. The number of hydrogen-bond donors (Lipinski definition) is 1. The Bertz CT molecular complexity index is 1340. The van der Waals surface area contributed by atoms with Crippen LogP contribution in [0, 0.1) is 5.41 Å². The Balaban J connectivity index is 1.16. The summed E-state index contributed by atoms with van der Waals surface area (Å²) < 4.78 is 5.36. The molecule has 6 rings (SSSR count). The second-order valence-corrected chi connectivity index (χ2v) is 9.37. The Hall–Kier alpha value is -3.85. The van der Waals surface area contributed by atoms with E-state index in [4.69, 9.17) is 4.42 Å². The zero-order chi connectivity index (χ0) is 23.1. The minimum atomic E-state index is -0.218. The first kappa shape index (κ1) is 20.7. The van der Waals surface area contributed by atoms with Crippen molar-refractivity contribution < 1.29 is 9.21 Å². The van der Waals surface area contributed by atoms with Crippen molar-refractivity contribution >= 4 is 28.4 Å². The Morgan fingerprint density at radius 3 is 2.71 bits per heavy atom. The zero-order valence-corrected chi connectivity index (χ0v) is 18.9. The minimum Gasteiger partial charge on any atom is -0.443 e. The lowest BCUT2D eigenvalue weighted by atomic mass is 9.72. The maximum atomic E-state index is 13.0. The van der Waals surface area contributed by atoms with Gasteiger partial charge in [-0.3, -0.25) is 9.78 Å². The summed E-state index contributed by atoms with van der Waals surface area (Å²) in [6, 6.07) is 7.34. The van der Waals surface area contributed by atoms with Gasteiger partial charge in [0.1, 0.15) is 11.6 Å². The standard InChI is InChI=1S/C25H25N7O2/c1-31-6-3-25(4-7-31)14-32(15-25)23-10-17(2-5-27-23)24(33)30-22-9-18-8-19(21-13-26-16-34-21)11-28-20(18)12-29-22/h2,5,8-13,16H,3-4,6-7,14-15H2,1H3,(H,29,30,33). The van der Waals surface area contributed by atoms with Crippen LogP contribution in [0.3, 0.4) is 0 Å². The van der Waals surface area contributed by atoms with Crippen LogP contribution in [0.2, 0.25) is 0 Å². The van der Waals surface area contributed by atoms with Gasteiger partial charge in [-0.2, -0.15) is 0 Å². The molecule has 1 spiro atoms. The number of anilines is 2. The number of rotatable bonds is 4. The van der Waals surface area contributed by atoms with Crippen molar-refractivity contribution in [3.8, 4) is 11.3 Å². The van der Waals surface area contributed by atoms with Crippen LogP contribution in [-0.2, 0) is 0 Å². The highest BCUT2D eigenvalue weighted by Gasteiger charge is 2.44. The summed E-state index contributed by atoms with van der Waals surface area (Å²) in [5.74, 6) is 1.73. The monoisotopic (exact) mass is 455 g/mol. The van der Waals surface area contributed by atoms with Gasteiger partial charge in [-0.25, -0.2) is 15.0 Å². The van der Waals surface area contributed by atoms with Gasteiger partial charge in [0.05, 0.1) is 17.9 Å². The maximum Gasteiger partial charge on any atom is 0.257 e. The molecule has 0 saturated carbocycles. The molecule has 9 heteroatoms. The molecule has 1 N–H and O–H groups in total. The number of carbonyl (C=O) groups excluding carboxylic acids is 1. The number of hydrogen-bond acceptors (Lipinski definition) is 8. The number of aromatic nitrogens is 4. The number of piperidine rings is 1. The van der Waals surface area contributed by atoms with E-state index in [2.05, 4.69) is 42.1 Å². The van der Waals surface area contributed by atoms with Crippen LogP contribution in [-0.4, -0.2) is 64.0 Å².